The van der Waals surface area contributed by atoms with Crippen LogP contribution in [0.25, 0.3) is 21.3 Å². The van der Waals surface area contributed by atoms with Gasteiger partial charge in [-0.3, -0.25) is 14.5 Å². The molecule has 2 aromatic heterocycles. The van der Waals surface area contributed by atoms with Crippen molar-refractivity contribution in [1.29, 1.82) is 0 Å². The summed E-state index contributed by atoms with van der Waals surface area (Å²) in [4.78, 5) is 34.4. The van der Waals surface area contributed by atoms with Crippen LogP contribution in [0.5, 0.6) is 0 Å². The van der Waals surface area contributed by atoms with Crippen molar-refractivity contribution in [2.75, 3.05) is 18.9 Å². The molecule has 0 saturated carbocycles. The molecule has 0 atom stereocenters. The van der Waals surface area contributed by atoms with Gasteiger partial charge in [0, 0.05) is 10.9 Å². The summed E-state index contributed by atoms with van der Waals surface area (Å²) in [6.45, 7) is -0.0499. The van der Waals surface area contributed by atoms with E-state index in [2.05, 4.69) is 15.3 Å². The molecule has 0 saturated heterocycles. The van der Waals surface area contributed by atoms with Crippen LogP contribution < -0.4 is 10.9 Å². The topological polar surface area (TPSA) is 78.1 Å². The highest BCUT2D eigenvalue weighted by Gasteiger charge is 2.33. The highest BCUT2D eigenvalue weighted by molar-refractivity contribution is 7.17. The molecule has 2 N–H and O–H groups in total. The van der Waals surface area contributed by atoms with Gasteiger partial charge in [0.05, 0.1) is 29.7 Å². The van der Waals surface area contributed by atoms with Gasteiger partial charge >= 0.3 is 6.18 Å². The first-order valence-electron chi connectivity index (χ1n) is 9.93. The Morgan fingerprint density at radius 2 is 1.82 bits per heavy atom. The quantitative estimate of drug-likeness (QED) is 0.425. The van der Waals surface area contributed by atoms with Gasteiger partial charge in [-0.1, -0.05) is 42.5 Å². The van der Waals surface area contributed by atoms with Gasteiger partial charge in [-0.05, 0) is 24.7 Å². The number of nitrogens with zero attached hydrogens (tertiary/aromatic N) is 2. The first-order valence-corrected chi connectivity index (χ1v) is 10.8. The van der Waals surface area contributed by atoms with Crippen molar-refractivity contribution >= 4 is 33.1 Å². The van der Waals surface area contributed by atoms with E-state index in [4.69, 9.17) is 0 Å². The number of amides is 1. The maximum absolute atomic E-state index is 13.1. The van der Waals surface area contributed by atoms with Gasteiger partial charge in [0.15, 0.2) is 0 Å². The first kappa shape index (κ1) is 22.7. The molecule has 4 rings (SSSR count). The van der Waals surface area contributed by atoms with Crippen LogP contribution >= 0.6 is 11.3 Å². The smallest absolute Gasteiger partial charge is 0.324 e. The van der Waals surface area contributed by atoms with E-state index < -0.39 is 17.6 Å². The summed E-state index contributed by atoms with van der Waals surface area (Å²) in [5, 5.41) is 4.68. The molecule has 170 valence electrons. The Kier molecular flexibility index (Phi) is 6.30. The summed E-state index contributed by atoms with van der Waals surface area (Å²) in [5.41, 5.74) is 0.212. The van der Waals surface area contributed by atoms with Crippen molar-refractivity contribution in [3.63, 3.8) is 0 Å². The number of benzene rings is 2. The second-order valence-electron chi connectivity index (χ2n) is 7.47. The highest BCUT2D eigenvalue weighted by atomic mass is 32.1. The number of nitrogens with one attached hydrogen (secondary N) is 2. The first-order chi connectivity index (χ1) is 15.7. The number of alkyl halides is 3. The van der Waals surface area contributed by atoms with Crippen molar-refractivity contribution in [1.82, 2.24) is 14.9 Å². The lowest BCUT2D eigenvalue weighted by molar-refractivity contribution is -0.137. The number of fused-ring (bicyclic) bond motifs is 1. The molecular weight excluding hydrogens is 453 g/mol. The van der Waals surface area contributed by atoms with Gasteiger partial charge in [0.2, 0.25) is 5.91 Å². The van der Waals surface area contributed by atoms with E-state index in [9.17, 15) is 22.8 Å². The number of anilines is 1. The van der Waals surface area contributed by atoms with Crippen LogP contribution in [0, 0.1) is 0 Å². The zero-order valence-electron chi connectivity index (χ0n) is 17.4. The second kappa shape index (κ2) is 9.16. The molecule has 0 aliphatic heterocycles. The SMILES string of the molecule is CN(CC(=O)Nc1ccccc1C(F)(F)F)Cc1nc2scc(-c3ccccc3)c2c(=O)[nH]1. The van der Waals surface area contributed by atoms with Crippen LogP contribution in [0.15, 0.2) is 64.8 Å². The monoisotopic (exact) mass is 472 g/mol. The third kappa shape index (κ3) is 5.12. The maximum atomic E-state index is 13.1. The molecule has 2 heterocycles. The standard InChI is InChI=1S/C23H19F3N4O2S/c1-30(12-19(31)27-17-10-6-5-9-16(17)23(24,25)26)11-18-28-21(32)20-15(13-33-22(20)29-18)14-7-3-2-4-8-14/h2-10,13H,11-12H2,1H3,(H,27,31)(H,28,29,32). The van der Waals surface area contributed by atoms with Crippen molar-refractivity contribution in [3.05, 3.63) is 81.7 Å². The number of hydrogen-bond donors (Lipinski definition) is 2. The number of aromatic amines is 1. The number of thiophene rings is 1. The zero-order valence-corrected chi connectivity index (χ0v) is 18.3. The Bertz CT molecular complexity index is 1350. The lowest BCUT2D eigenvalue weighted by Gasteiger charge is -2.17. The molecule has 0 radical (unpaired) electrons. The Labute approximate surface area is 190 Å². The molecule has 10 heteroatoms. The average Bonchev–Trinajstić information content (AvgIpc) is 3.18. The molecule has 6 nitrogen and oxygen atoms in total. The van der Waals surface area contributed by atoms with E-state index in [1.807, 2.05) is 35.7 Å². The van der Waals surface area contributed by atoms with E-state index in [0.29, 0.717) is 16.0 Å². The van der Waals surface area contributed by atoms with Gasteiger partial charge in [-0.2, -0.15) is 13.2 Å². The fourth-order valence-electron chi connectivity index (χ4n) is 3.48. The van der Waals surface area contributed by atoms with Gasteiger partial charge in [-0.15, -0.1) is 11.3 Å². The number of carbonyl (C=O) groups excluding carboxylic acids is 1. The van der Waals surface area contributed by atoms with Crippen molar-refractivity contribution < 1.29 is 18.0 Å². The number of H-pyrrole nitrogens is 1. The number of rotatable bonds is 6. The van der Waals surface area contributed by atoms with E-state index >= 15 is 0 Å². The van der Waals surface area contributed by atoms with Crippen LogP contribution in [0.2, 0.25) is 0 Å². The predicted molar refractivity (Wildman–Crippen MR) is 122 cm³/mol. The minimum atomic E-state index is -4.58. The molecule has 33 heavy (non-hydrogen) atoms. The van der Waals surface area contributed by atoms with Gasteiger partial charge in [-0.25, -0.2) is 4.98 Å². The number of para-hydroxylation sites is 1. The van der Waals surface area contributed by atoms with Crippen molar-refractivity contribution in [2.24, 2.45) is 0 Å². The summed E-state index contributed by atoms with van der Waals surface area (Å²) in [7, 11) is 1.61. The van der Waals surface area contributed by atoms with Gasteiger partial charge in [0.1, 0.15) is 10.7 Å². The summed E-state index contributed by atoms with van der Waals surface area (Å²) in [6, 6.07) is 14.3. The van der Waals surface area contributed by atoms with Gasteiger partial charge < -0.3 is 10.3 Å². The normalized spacial score (nSPS) is 11.8. The number of aromatic nitrogens is 2. The van der Waals surface area contributed by atoms with Crippen LogP contribution in [0.4, 0.5) is 18.9 Å². The highest BCUT2D eigenvalue weighted by Crippen LogP contribution is 2.34. The maximum Gasteiger partial charge on any atom is 0.418 e. The average molecular weight is 472 g/mol. The van der Waals surface area contributed by atoms with Crippen molar-refractivity contribution in [2.45, 2.75) is 12.7 Å². The third-order valence-electron chi connectivity index (χ3n) is 4.92. The Morgan fingerprint density at radius 1 is 1.12 bits per heavy atom. The van der Waals surface area contributed by atoms with Crippen LogP contribution in [0.3, 0.4) is 0 Å². The zero-order chi connectivity index (χ0) is 23.6. The Hall–Kier alpha value is -3.50. The third-order valence-corrected chi connectivity index (χ3v) is 5.79. The predicted octanol–water partition coefficient (Wildman–Crippen LogP) is 4.74. The van der Waals surface area contributed by atoms with Crippen molar-refractivity contribution in [3.8, 4) is 11.1 Å². The Balaban J connectivity index is 1.47. The molecule has 2 aromatic carbocycles. The number of likely N-dealkylation sites (N-methyl/N-ethyl adjacent to an activating group) is 1. The number of carbonyl (C=O) groups is 1. The summed E-state index contributed by atoms with van der Waals surface area (Å²) >= 11 is 1.35. The van der Waals surface area contributed by atoms with Crippen LogP contribution in [-0.2, 0) is 17.5 Å². The minimum absolute atomic E-state index is 0.137. The van der Waals surface area contributed by atoms with E-state index in [1.165, 1.54) is 29.5 Å². The number of hydrogen-bond acceptors (Lipinski definition) is 5. The number of halogens is 3. The summed E-state index contributed by atoms with van der Waals surface area (Å²) in [5.74, 6) is -0.250. The summed E-state index contributed by atoms with van der Waals surface area (Å²) < 4.78 is 39.4. The van der Waals surface area contributed by atoms with Crippen LogP contribution in [0.1, 0.15) is 11.4 Å². The molecule has 0 spiro atoms. The molecule has 0 bridgehead atoms. The van der Waals surface area contributed by atoms with E-state index in [0.717, 1.165) is 17.2 Å². The lowest BCUT2D eigenvalue weighted by Crippen LogP contribution is -2.31. The minimum Gasteiger partial charge on any atom is -0.324 e. The lowest BCUT2D eigenvalue weighted by atomic mass is 10.1. The fourth-order valence-corrected chi connectivity index (χ4v) is 4.45. The molecule has 0 aliphatic rings. The largest absolute Gasteiger partial charge is 0.418 e. The molecule has 4 aromatic rings. The summed E-state index contributed by atoms with van der Waals surface area (Å²) in [6.07, 6.45) is -4.58. The second-order valence-corrected chi connectivity index (χ2v) is 8.33. The van der Waals surface area contributed by atoms with E-state index in [-0.39, 0.29) is 24.3 Å². The molecule has 0 unspecified atom stereocenters. The molecular formula is C23H19F3N4O2S. The Morgan fingerprint density at radius 3 is 2.55 bits per heavy atom. The fraction of sp³-hybridized carbons (Fsp3) is 0.174. The molecule has 1 amide bonds. The van der Waals surface area contributed by atoms with Crippen LogP contribution in [-0.4, -0.2) is 34.4 Å². The molecule has 0 fully saturated rings. The van der Waals surface area contributed by atoms with E-state index in [1.54, 1.807) is 11.9 Å². The van der Waals surface area contributed by atoms with Gasteiger partial charge in [0.25, 0.3) is 5.56 Å². The molecule has 0 aliphatic carbocycles.